The molecule has 0 saturated heterocycles. The molecule has 1 aromatic heterocycles. The van der Waals surface area contributed by atoms with E-state index in [1.807, 2.05) is 61.1 Å². The summed E-state index contributed by atoms with van der Waals surface area (Å²) in [6.07, 6.45) is 0. The highest BCUT2D eigenvalue weighted by atomic mass is 35.5. The van der Waals surface area contributed by atoms with E-state index in [2.05, 4.69) is 27.3 Å². The molecule has 0 aliphatic rings. The molecule has 1 amide bonds. The standard InChI is InChI=1S/C21H23Cl2N5OS/c1-14(27(2)3)20-25-26-21(28(20)18-9-7-16(22)8-10-18)30-13-19(29)24-12-15-5-4-6-17(23)11-15/h4-11,14H,12-13H2,1-3H3,(H,24,29). The van der Waals surface area contributed by atoms with E-state index in [1.54, 1.807) is 6.07 Å². The number of carbonyl (C=O) groups is 1. The zero-order chi connectivity index (χ0) is 21.7. The Kier molecular flexibility index (Phi) is 7.77. The predicted molar refractivity (Wildman–Crippen MR) is 122 cm³/mol. The van der Waals surface area contributed by atoms with Crippen molar-refractivity contribution in [1.82, 2.24) is 25.0 Å². The molecule has 3 aromatic rings. The van der Waals surface area contributed by atoms with E-state index in [-0.39, 0.29) is 17.7 Å². The van der Waals surface area contributed by atoms with Crippen molar-refractivity contribution in [1.29, 1.82) is 0 Å². The maximum atomic E-state index is 12.4. The van der Waals surface area contributed by atoms with Crippen molar-refractivity contribution in [3.8, 4) is 5.69 Å². The van der Waals surface area contributed by atoms with Crippen LogP contribution in [0.3, 0.4) is 0 Å². The summed E-state index contributed by atoms with van der Waals surface area (Å²) in [6, 6.07) is 15.0. The van der Waals surface area contributed by atoms with Crippen LogP contribution in [0.25, 0.3) is 5.69 Å². The number of nitrogens with zero attached hydrogens (tertiary/aromatic N) is 4. The van der Waals surface area contributed by atoms with Gasteiger partial charge in [0.25, 0.3) is 0 Å². The number of rotatable bonds is 8. The third kappa shape index (κ3) is 5.76. The largest absolute Gasteiger partial charge is 0.351 e. The first-order valence-electron chi connectivity index (χ1n) is 9.36. The molecule has 9 heteroatoms. The molecule has 1 unspecified atom stereocenters. The Hall–Kier alpha value is -2.06. The fourth-order valence-corrected chi connectivity index (χ4v) is 3.87. The molecular formula is C21H23Cl2N5OS. The van der Waals surface area contributed by atoms with Crippen LogP contribution in [0, 0.1) is 0 Å². The number of aromatic nitrogens is 3. The highest BCUT2D eigenvalue weighted by Crippen LogP contribution is 2.27. The Morgan fingerprint density at radius 2 is 1.87 bits per heavy atom. The molecule has 30 heavy (non-hydrogen) atoms. The van der Waals surface area contributed by atoms with Gasteiger partial charge in [0.05, 0.1) is 11.8 Å². The van der Waals surface area contributed by atoms with Crippen LogP contribution < -0.4 is 5.32 Å². The van der Waals surface area contributed by atoms with Gasteiger partial charge in [0.2, 0.25) is 5.91 Å². The highest BCUT2D eigenvalue weighted by molar-refractivity contribution is 7.99. The predicted octanol–water partition coefficient (Wildman–Crippen LogP) is 4.61. The average molecular weight is 464 g/mol. The molecule has 0 aliphatic carbocycles. The van der Waals surface area contributed by atoms with E-state index < -0.39 is 0 Å². The SMILES string of the molecule is CC(c1nnc(SCC(=O)NCc2cccc(Cl)c2)n1-c1ccc(Cl)cc1)N(C)C. The maximum Gasteiger partial charge on any atom is 0.230 e. The number of hydrogen-bond donors (Lipinski definition) is 1. The molecule has 3 rings (SSSR count). The van der Waals surface area contributed by atoms with E-state index in [0.717, 1.165) is 17.1 Å². The van der Waals surface area contributed by atoms with Gasteiger partial charge in [0.15, 0.2) is 11.0 Å². The summed E-state index contributed by atoms with van der Waals surface area (Å²) in [5, 5.41) is 13.6. The topological polar surface area (TPSA) is 63.1 Å². The second-order valence-electron chi connectivity index (χ2n) is 6.99. The van der Waals surface area contributed by atoms with Crippen molar-refractivity contribution in [2.24, 2.45) is 0 Å². The van der Waals surface area contributed by atoms with Crippen LogP contribution in [0.2, 0.25) is 10.0 Å². The van der Waals surface area contributed by atoms with Gasteiger partial charge in [0.1, 0.15) is 0 Å². The lowest BCUT2D eigenvalue weighted by molar-refractivity contribution is -0.118. The minimum absolute atomic E-state index is 0.0409. The molecule has 1 N–H and O–H groups in total. The smallest absolute Gasteiger partial charge is 0.230 e. The van der Waals surface area contributed by atoms with Gasteiger partial charge in [0, 0.05) is 22.3 Å². The summed E-state index contributed by atoms with van der Waals surface area (Å²) in [5.74, 6) is 0.930. The van der Waals surface area contributed by atoms with Gasteiger partial charge in [-0.15, -0.1) is 10.2 Å². The lowest BCUT2D eigenvalue weighted by atomic mass is 10.2. The zero-order valence-corrected chi connectivity index (χ0v) is 19.3. The number of carbonyl (C=O) groups excluding carboxylic acids is 1. The van der Waals surface area contributed by atoms with E-state index in [9.17, 15) is 4.79 Å². The second-order valence-corrected chi connectivity index (χ2v) is 8.80. The van der Waals surface area contributed by atoms with Crippen molar-refractivity contribution >= 4 is 40.9 Å². The summed E-state index contributed by atoms with van der Waals surface area (Å²) in [4.78, 5) is 14.4. The molecule has 0 aliphatic heterocycles. The van der Waals surface area contributed by atoms with Crippen molar-refractivity contribution in [3.63, 3.8) is 0 Å². The number of thioether (sulfide) groups is 1. The molecule has 2 aromatic carbocycles. The molecule has 158 valence electrons. The Bertz CT molecular complexity index is 1010. The van der Waals surface area contributed by atoms with Gasteiger partial charge in [-0.1, -0.05) is 47.1 Å². The summed E-state index contributed by atoms with van der Waals surface area (Å²) in [6.45, 7) is 2.48. The van der Waals surface area contributed by atoms with Gasteiger partial charge in [-0.2, -0.15) is 0 Å². The molecule has 1 heterocycles. The van der Waals surface area contributed by atoms with Crippen LogP contribution in [0.1, 0.15) is 24.4 Å². The van der Waals surface area contributed by atoms with Gasteiger partial charge < -0.3 is 5.32 Å². The fourth-order valence-electron chi connectivity index (χ4n) is 2.74. The third-order valence-corrected chi connectivity index (χ3v) is 6.02. The Balaban J connectivity index is 1.73. The first-order chi connectivity index (χ1) is 14.3. The van der Waals surface area contributed by atoms with Crippen molar-refractivity contribution in [2.75, 3.05) is 19.8 Å². The molecule has 0 saturated carbocycles. The Morgan fingerprint density at radius 1 is 1.13 bits per heavy atom. The summed E-state index contributed by atoms with van der Waals surface area (Å²) in [7, 11) is 3.98. The number of nitrogens with one attached hydrogen (secondary N) is 1. The lowest BCUT2D eigenvalue weighted by Crippen LogP contribution is -2.24. The first kappa shape index (κ1) is 22.6. The van der Waals surface area contributed by atoms with Crippen LogP contribution in [-0.4, -0.2) is 45.4 Å². The van der Waals surface area contributed by atoms with Gasteiger partial charge in [-0.05, 0) is 63.0 Å². The van der Waals surface area contributed by atoms with Crippen molar-refractivity contribution in [3.05, 3.63) is 70.0 Å². The van der Waals surface area contributed by atoms with E-state index in [0.29, 0.717) is 21.7 Å². The molecule has 0 radical (unpaired) electrons. The van der Waals surface area contributed by atoms with Gasteiger partial charge in [-0.25, -0.2) is 0 Å². The number of halogens is 2. The molecule has 0 fully saturated rings. The van der Waals surface area contributed by atoms with Crippen LogP contribution in [0.15, 0.2) is 53.7 Å². The minimum Gasteiger partial charge on any atom is -0.351 e. The molecule has 0 bridgehead atoms. The third-order valence-electron chi connectivity index (χ3n) is 4.60. The van der Waals surface area contributed by atoms with Crippen molar-refractivity contribution < 1.29 is 4.79 Å². The molecule has 6 nitrogen and oxygen atoms in total. The van der Waals surface area contributed by atoms with Gasteiger partial charge in [-0.3, -0.25) is 14.3 Å². The summed E-state index contributed by atoms with van der Waals surface area (Å²) < 4.78 is 1.97. The van der Waals surface area contributed by atoms with Crippen LogP contribution in [-0.2, 0) is 11.3 Å². The van der Waals surface area contributed by atoms with Gasteiger partial charge >= 0.3 is 0 Å². The Labute approximate surface area is 190 Å². The zero-order valence-electron chi connectivity index (χ0n) is 17.0. The van der Waals surface area contributed by atoms with Crippen molar-refractivity contribution in [2.45, 2.75) is 24.7 Å². The quantitative estimate of drug-likeness (QED) is 0.494. The minimum atomic E-state index is -0.0900. The molecular weight excluding hydrogens is 441 g/mol. The molecule has 0 spiro atoms. The van der Waals surface area contributed by atoms with Crippen LogP contribution in [0.4, 0.5) is 0 Å². The van der Waals surface area contributed by atoms with Crippen LogP contribution >= 0.6 is 35.0 Å². The second kappa shape index (κ2) is 10.3. The monoisotopic (exact) mass is 463 g/mol. The number of hydrogen-bond acceptors (Lipinski definition) is 5. The fraction of sp³-hybridized carbons (Fsp3) is 0.286. The summed E-state index contributed by atoms with van der Waals surface area (Å²) >= 11 is 13.4. The highest BCUT2D eigenvalue weighted by Gasteiger charge is 2.21. The normalized spacial score (nSPS) is 12.2. The average Bonchev–Trinajstić information content (AvgIpc) is 3.14. The first-order valence-corrected chi connectivity index (χ1v) is 11.1. The lowest BCUT2D eigenvalue weighted by Gasteiger charge is -2.20. The number of benzene rings is 2. The number of amides is 1. The maximum absolute atomic E-state index is 12.4. The van der Waals surface area contributed by atoms with Crippen LogP contribution in [0.5, 0.6) is 0 Å². The van der Waals surface area contributed by atoms with E-state index in [1.165, 1.54) is 11.8 Å². The van der Waals surface area contributed by atoms with E-state index in [4.69, 9.17) is 23.2 Å². The molecule has 1 atom stereocenters. The van der Waals surface area contributed by atoms with E-state index >= 15 is 0 Å². The Morgan fingerprint density at radius 3 is 2.53 bits per heavy atom. The summed E-state index contributed by atoms with van der Waals surface area (Å²) in [5.41, 5.74) is 1.85.